The number of rotatable bonds is 5. The van der Waals surface area contributed by atoms with Crippen molar-refractivity contribution in [3.63, 3.8) is 0 Å². The summed E-state index contributed by atoms with van der Waals surface area (Å²) >= 11 is 0. The van der Waals surface area contributed by atoms with E-state index in [2.05, 4.69) is 4.98 Å². The van der Waals surface area contributed by atoms with E-state index >= 15 is 0 Å². The van der Waals surface area contributed by atoms with Crippen molar-refractivity contribution in [2.45, 2.75) is 24.3 Å². The van der Waals surface area contributed by atoms with Crippen LogP contribution >= 0.6 is 0 Å². The maximum Gasteiger partial charge on any atom is 0.309 e. The van der Waals surface area contributed by atoms with E-state index < -0.39 is 38.4 Å². The molecule has 7 nitrogen and oxygen atoms in total. The molecule has 1 saturated heterocycles. The van der Waals surface area contributed by atoms with E-state index in [-0.39, 0.29) is 38.4 Å². The van der Waals surface area contributed by atoms with E-state index in [0.29, 0.717) is 17.2 Å². The molecule has 0 atom stereocenters. The lowest BCUT2D eigenvalue weighted by atomic mass is 9.98. The number of aromatic nitrogens is 1. The molecular formula is C20H18F2N2O5S. The Bertz CT molecular complexity index is 1150. The number of oxazole rings is 1. The number of carbonyl (C=O) groups excluding carboxylic acids is 1. The molecule has 1 aromatic heterocycles. The highest BCUT2D eigenvalue weighted by Crippen LogP contribution is 2.27. The molecule has 0 spiro atoms. The molecule has 3 aromatic rings. The number of hydrogen-bond acceptors (Lipinski definition) is 6. The van der Waals surface area contributed by atoms with Gasteiger partial charge in [0.2, 0.25) is 15.9 Å². The van der Waals surface area contributed by atoms with Crippen LogP contribution in [0.3, 0.4) is 0 Å². The molecule has 4 rings (SSSR count). The first-order valence-electron chi connectivity index (χ1n) is 9.31. The van der Waals surface area contributed by atoms with Gasteiger partial charge in [-0.3, -0.25) is 4.79 Å². The minimum absolute atomic E-state index is 0.000934. The summed E-state index contributed by atoms with van der Waals surface area (Å²) in [7, 11) is -4.19. The number of halogens is 2. The van der Waals surface area contributed by atoms with Crippen LogP contribution in [0.15, 0.2) is 51.8 Å². The Balaban J connectivity index is 1.35. The van der Waals surface area contributed by atoms with Crippen LogP contribution in [-0.2, 0) is 26.2 Å². The van der Waals surface area contributed by atoms with Gasteiger partial charge in [0.05, 0.1) is 5.92 Å². The lowest BCUT2D eigenvalue weighted by Crippen LogP contribution is -2.40. The van der Waals surface area contributed by atoms with Crippen molar-refractivity contribution in [3.05, 3.63) is 60.0 Å². The number of hydrogen-bond donors (Lipinski definition) is 0. The van der Waals surface area contributed by atoms with E-state index in [1.807, 2.05) is 6.07 Å². The first-order valence-corrected chi connectivity index (χ1v) is 10.7. The molecule has 1 fully saturated rings. The second kappa shape index (κ2) is 8.11. The van der Waals surface area contributed by atoms with Crippen LogP contribution in [0.4, 0.5) is 8.78 Å². The molecule has 0 radical (unpaired) electrons. The molecule has 2 aromatic carbocycles. The van der Waals surface area contributed by atoms with Crippen LogP contribution in [0.25, 0.3) is 11.1 Å². The number of piperidine rings is 1. The van der Waals surface area contributed by atoms with Crippen molar-refractivity contribution < 1.29 is 31.1 Å². The van der Waals surface area contributed by atoms with Gasteiger partial charge in [0, 0.05) is 13.1 Å². The molecule has 30 heavy (non-hydrogen) atoms. The minimum Gasteiger partial charge on any atom is -0.455 e. The summed E-state index contributed by atoms with van der Waals surface area (Å²) in [5, 5.41) is 0. The third-order valence-corrected chi connectivity index (χ3v) is 6.89. The third-order valence-electron chi connectivity index (χ3n) is 4.97. The fraction of sp³-hybridized carbons (Fsp3) is 0.300. The predicted molar refractivity (Wildman–Crippen MR) is 102 cm³/mol. The van der Waals surface area contributed by atoms with Gasteiger partial charge in [0.1, 0.15) is 22.0 Å². The highest BCUT2D eigenvalue weighted by molar-refractivity contribution is 7.89. The minimum atomic E-state index is -4.19. The fourth-order valence-corrected chi connectivity index (χ4v) is 4.92. The van der Waals surface area contributed by atoms with Gasteiger partial charge in [0.15, 0.2) is 12.2 Å². The zero-order valence-corrected chi connectivity index (χ0v) is 16.6. The maximum atomic E-state index is 13.9. The van der Waals surface area contributed by atoms with Gasteiger partial charge in [-0.05, 0) is 43.2 Å². The molecular weight excluding hydrogens is 418 g/mol. The summed E-state index contributed by atoms with van der Waals surface area (Å²) in [6.07, 6.45) is 0.422. The fourth-order valence-electron chi connectivity index (χ4n) is 3.38. The zero-order valence-electron chi connectivity index (χ0n) is 15.8. The average Bonchev–Trinajstić information content (AvgIpc) is 3.17. The molecule has 1 aliphatic rings. The number of sulfonamides is 1. The van der Waals surface area contributed by atoms with Crippen LogP contribution in [-0.4, -0.2) is 36.8 Å². The summed E-state index contributed by atoms with van der Waals surface area (Å²) in [4.78, 5) is 15.9. The van der Waals surface area contributed by atoms with E-state index in [9.17, 15) is 22.0 Å². The van der Waals surface area contributed by atoms with Crippen LogP contribution in [0.1, 0.15) is 18.7 Å². The van der Waals surface area contributed by atoms with Gasteiger partial charge in [-0.2, -0.15) is 4.31 Å². The molecule has 158 valence electrons. The van der Waals surface area contributed by atoms with Gasteiger partial charge in [-0.25, -0.2) is 22.2 Å². The first-order chi connectivity index (χ1) is 14.3. The number of carbonyl (C=O) groups is 1. The lowest BCUT2D eigenvalue weighted by Gasteiger charge is -2.30. The molecule has 0 saturated carbocycles. The average molecular weight is 436 g/mol. The topological polar surface area (TPSA) is 89.7 Å². The Morgan fingerprint density at radius 3 is 2.63 bits per heavy atom. The summed E-state index contributed by atoms with van der Waals surface area (Å²) in [5.74, 6) is -2.57. The Morgan fingerprint density at radius 1 is 1.17 bits per heavy atom. The molecule has 0 N–H and O–H groups in total. The number of ether oxygens (including phenoxy) is 1. The number of nitrogens with zero attached hydrogens (tertiary/aromatic N) is 2. The van der Waals surface area contributed by atoms with Crippen molar-refractivity contribution in [1.29, 1.82) is 0 Å². The van der Waals surface area contributed by atoms with E-state index in [4.69, 9.17) is 9.15 Å². The van der Waals surface area contributed by atoms with E-state index in [0.717, 1.165) is 16.4 Å². The van der Waals surface area contributed by atoms with Crippen LogP contribution in [0, 0.1) is 17.6 Å². The van der Waals surface area contributed by atoms with E-state index in [1.54, 1.807) is 18.2 Å². The normalized spacial score (nSPS) is 16.1. The van der Waals surface area contributed by atoms with Crippen LogP contribution < -0.4 is 0 Å². The summed E-state index contributed by atoms with van der Waals surface area (Å²) < 4.78 is 64.3. The maximum absolute atomic E-state index is 13.9. The summed E-state index contributed by atoms with van der Waals surface area (Å²) in [6, 6.07) is 9.45. The molecule has 2 heterocycles. The number of fused-ring (bicyclic) bond motifs is 1. The molecule has 0 unspecified atom stereocenters. The molecule has 1 aliphatic heterocycles. The quantitative estimate of drug-likeness (QED) is 0.571. The molecule has 0 bridgehead atoms. The van der Waals surface area contributed by atoms with Gasteiger partial charge in [-0.1, -0.05) is 12.1 Å². The second-order valence-corrected chi connectivity index (χ2v) is 8.84. The highest BCUT2D eigenvalue weighted by Gasteiger charge is 2.34. The Kier molecular flexibility index (Phi) is 5.52. The van der Waals surface area contributed by atoms with Gasteiger partial charge in [-0.15, -0.1) is 0 Å². The standard InChI is InChI=1S/C20H18F2N2O5S/c21-14-5-6-15(22)18(11-14)30(26,27)24-9-7-13(8-10-24)20(25)28-12-19-23-16-3-1-2-4-17(16)29-19/h1-6,11,13H,7-10,12H2. The van der Waals surface area contributed by atoms with Crippen LogP contribution in [0.5, 0.6) is 0 Å². The van der Waals surface area contributed by atoms with Crippen molar-refractivity contribution in [2.75, 3.05) is 13.1 Å². The van der Waals surface area contributed by atoms with Gasteiger partial charge < -0.3 is 9.15 Å². The molecule has 0 aliphatic carbocycles. The van der Waals surface area contributed by atoms with Crippen molar-refractivity contribution >= 4 is 27.1 Å². The number of para-hydroxylation sites is 2. The van der Waals surface area contributed by atoms with Gasteiger partial charge in [0.25, 0.3) is 0 Å². The molecule has 10 heteroatoms. The first kappa shape index (κ1) is 20.4. The highest BCUT2D eigenvalue weighted by atomic mass is 32.2. The smallest absolute Gasteiger partial charge is 0.309 e. The second-order valence-electron chi connectivity index (χ2n) is 6.94. The number of esters is 1. The molecule has 0 amide bonds. The van der Waals surface area contributed by atoms with Gasteiger partial charge >= 0.3 is 5.97 Å². The monoisotopic (exact) mass is 436 g/mol. The summed E-state index contributed by atoms with van der Waals surface area (Å²) in [5.41, 5.74) is 1.25. The predicted octanol–water partition coefficient (Wildman–Crippen LogP) is 3.25. The largest absolute Gasteiger partial charge is 0.455 e. The summed E-state index contributed by atoms with van der Waals surface area (Å²) in [6.45, 7) is -0.123. The van der Waals surface area contributed by atoms with Crippen molar-refractivity contribution in [2.24, 2.45) is 5.92 Å². The van der Waals surface area contributed by atoms with Crippen LogP contribution in [0.2, 0.25) is 0 Å². The Hall–Kier alpha value is -2.85. The van der Waals surface area contributed by atoms with Crippen molar-refractivity contribution in [1.82, 2.24) is 9.29 Å². The van der Waals surface area contributed by atoms with Crippen molar-refractivity contribution in [3.8, 4) is 0 Å². The van der Waals surface area contributed by atoms with E-state index in [1.165, 1.54) is 0 Å². The lowest BCUT2D eigenvalue weighted by molar-refractivity contribution is -0.151. The number of benzene rings is 2. The third kappa shape index (κ3) is 4.05. The zero-order chi connectivity index (χ0) is 21.3. The SMILES string of the molecule is O=C(OCc1nc2ccccc2o1)C1CCN(S(=O)(=O)c2cc(F)ccc2F)CC1. The Labute approximate surface area is 171 Å². The Morgan fingerprint density at radius 2 is 1.90 bits per heavy atom.